The molecule has 27 heavy (non-hydrogen) atoms. The fourth-order valence-electron chi connectivity index (χ4n) is 7.42. The highest BCUT2D eigenvalue weighted by atomic mass is 16.5. The zero-order valence-corrected chi connectivity index (χ0v) is 18.0. The van der Waals surface area contributed by atoms with Crippen molar-refractivity contribution in [2.75, 3.05) is 27.2 Å². The molecule has 3 nitrogen and oxygen atoms in total. The van der Waals surface area contributed by atoms with Crippen LogP contribution in [0, 0.1) is 28.6 Å². The molecule has 0 heterocycles. The maximum Gasteiger partial charge on any atom is 0.0758 e. The highest BCUT2D eigenvalue weighted by molar-refractivity contribution is 5.25. The van der Waals surface area contributed by atoms with Gasteiger partial charge in [-0.15, -0.1) is 0 Å². The normalized spacial score (nSPS) is 46.6. The van der Waals surface area contributed by atoms with Crippen molar-refractivity contribution in [2.45, 2.75) is 83.8 Å². The molecule has 3 unspecified atom stereocenters. The topological polar surface area (TPSA) is 32.7 Å². The van der Waals surface area contributed by atoms with Gasteiger partial charge in [0.25, 0.3) is 0 Å². The van der Waals surface area contributed by atoms with Gasteiger partial charge in [-0.3, -0.25) is 0 Å². The van der Waals surface area contributed by atoms with Gasteiger partial charge in [0.15, 0.2) is 0 Å². The first-order valence-electron chi connectivity index (χ1n) is 11.5. The number of aliphatic hydroxyl groups excluding tert-OH is 1. The predicted molar refractivity (Wildman–Crippen MR) is 111 cm³/mol. The van der Waals surface area contributed by atoms with Crippen molar-refractivity contribution in [2.24, 2.45) is 28.6 Å². The number of fused-ring (bicyclic) bond motifs is 5. The number of ether oxygens (including phenoxy) is 1. The van der Waals surface area contributed by atoms with Crippen molar-refractivity contribution in [3.63, 3.8) is 0 Å². The van der Waals surface area contributed by atoms with Crippen LogP contribution in [0.2, 0.25) is 0 Å². The van der Waals surface area contributed by atoms with E-state index in [1.807, 2.05) is 0 Å². The Kier molecular flexibility index (Phi) is 5.50. The number of hydrogen-bond acceptors (Lipinski definition) is 3. The molecular weight excluding hydrogens is 334 g/mol. The molecule has 0 aromatic heterocycles. The second-order valence-corrected chi connectivity index (χ2v) is 10.8. The van der Waals surface area contributed by atoms with E-state index in [2.05, 4.69) is 38.9 Å². The summed E-state index contributed by atoms with van der Waals surface area (Å²) < 4.78 is 6.23. The molecular formula is C24H41NO2. The van der Waals surface area contributed by atoms with Gasteiger partial charge in [0, 0.05) is 6.61 Å². The minimum absolute atomic E-state index is 0.0560. The molecule has 0 aliphatic heterocycles. The van der Waals surface area contributed by atoms with E-state index in [0.29, 0.717) is 11.5 Å². The molecule has 0 amide bonds. The van der Waals surface area contributed by atoms with Crippen molar-refractivity contribution in [3.8, 4) is 0 Å². The summed E-state index contributed by atoms with van der Waals surface area (Å²) in [6.45, 7) is 6.94. The standard InChI is InChI=1S/C24H41NO2/c1-23-12-10-18(27-15-5-14-25(3)4)16-17(23)6-7-19-20-8-9-22(26)24(20,2)13-11-21(19)23/h16,18-22,26H,5-15H2,1-4H3/t18-,19?,20?,21?,22-,23-,24-/m0/s1. The van der Waals surface area contributed by atoms with E-state index in [0.717, 1.165) is 43.7 Å². The summed E-state index contributed by atoms with van der Waals surface area (Å²) in [6, 6.07) is 0. The number of hydrogen-bond donors (Lipinski definition) is 1. The number of rotatable bonds is 5. The van der Waals surface area contributed by atoms with Crippen LogP contribution in [-0.2, 0) is 4.74 Å². The van der Waals surface area contributed by atoms with Gasteiger partial charge in [0.1, 0.15) is 0 Å². The summed E-state index contributed by atoms with van der Waals surface area (Å²) in [7, 11) is 4.26. The fraction of sp³-hybridized carbons (Fsp3) is 0.917. The largest absolute Gasteiger partial charge is 0.393 e. The molecule has 0 aromatic carbocycles. The predicted octanol–water partition coefficient (Wildman–Crippen LogP) is 4.65. The Morgan fingerprint density at radius 2 is 1.89 bits per heavy atom. The Morgan fingerprint density at radius 1 is 1.07 bits per heavy atom. The molecule has 3 saturated carbocycles. The summed E-state index contributed by atoms with van der Waals surface area (Å²) in [6.07, 6.45) is 13.9. The first-order valence-corrected chi connectivity index (χ1v) is 11.5. The first kappa shape index (κ1) is 19.9. The molecule has 154 valence electrons. The third-order valence-electron chi connectivity index (χ3n) is 9.10. The second kappa shape index (κ2) is 7.46. The first-order chi connectivity index (χ1) is 12.8. The lowest BCUT2D eigenvalue weighted by Gasteiger charge is -2.58. The smallest absolute Gasteiger partial charge is 0.0758 e. The highest BCUT2D eigenvalue weighted by Gasteiger charge is 2.58. The fourth-order valence-corrected chi connectivity index (χ4v) is 7.42. The van der Waals surface area contributed by atoms with E-state index in [4.69, 9.17) is 4.74 Å². The third kappa shape index (κ3) is 3.42. The van der Waals surface area contributed by atoms with Crippen LogP contribution >= 0.6 is 0 Å². The van der Waals surface area contributed by atoms with Gasteiger partial charge in [0.05, 0.1) is 12.2 Å². The molecule has 3 fully saturated rings. The van der Waals surface area contributed by atoms with Gasteiger partial charge in [-0.05, 0) is 107 Å². The average Bonchev–Trinajstić information content (AvgIpc) is 2.94. The lowest BCUT2D eigenvalue weighted by atomic mass is 9.47. The molecule has 4 aliphatic carbocycles. The SMILES string of the molecule is CN(C)CCCO[C@@H]1C=C2CCC3C(CC[C@@]4(C)C3CC[C@@H]4O)[C@@]2(C)CC1. The lowest BCUT2D eigenvalue weighted by Crippen LogP contribution is -2.51. The Bertz CT molecular complexity index is 573. The molecule has 0 bridgehead atoms. The van der Waals surface area contributed by atoms with Crippen LogP contribution in [0.1, 0.15) is 71.6 Å². The van der Waals surface area contributed by atoms with E-state index in [1.54, 1.807) is 5.57 Å². The quantitative estimate of drug-likeness (QED) is 0.561. The molecule has 3 heteroatoms. The molecule has 0 spiro atoms. The van der Waals surface area contributed by atoms with E-state index in [-0.39, 0.29) is 11.5 Å². The van der Waals surface area contributed by atoms with Crippen molar-refractivity contribution in [3.05, 3.63) is 11.6 Å². The van der Waals surface area contributed by atoms with Crippen LogP contribution in [0.4, 0.5) is 0 Å². The monoisotopic (exact) mass is 375 g/mol. The maximum absolute atomic E-state index is 10.6. The minimum Gasteiger partial charge on any atom is -0.393 e. The van der Waals surface area contributed by atoms with Crippen molar-refractivity contribution < 1.29 is 9.84 Å². The second-order valence-electron chi connectivity index (χ2n) is 10.8. The average molecular weight is 376 g/mol. The summed E-state index contributed by atoms with van der Waals surface area (Å²) >= 11 is 0. The van der Waals surface area contributed by atoms with Gasteiger partial charge in [-0.25, -0.2) is 0 Å². The number of aliphatic hydroxyl groups is 1. The summed E-state index contributed by atoms with van der Waals surface area (Å²) in [5.74, 6) is 2.42. The zero-order valence-electron chi connectivity index (χ0n) is 18.0. The Labute approximate surface area is 166 Å². The third-order valence-corrected chi connectivity index (χ3v) is 9.10. The van der Waals surface area contributed by atoms with E-state index in [1.165, 1.54) is 44.9 Å². The van der Waals surface area contributed by atoms with Crippen LogP contribution in [-0.4, -0.2) is 49.5 Å². The van der Waals surface area contributed by atoms with Crippen molar-refractivity contribution in [1.82, 2.24) is 4.90 Å². The van der Waals surface area contributed by atoms with Crippen molar-refractivity contribution in [1.29, 1.82) is 0 Å². The molecule has 4 aliphatic rings. The number of allylic oxidation sites excluding steroid dienone is 1. The van der Waals surface area contributed by atoms with E-state index in [9.17, 15) is 5.11 Å². The Balaban J connectivity index is 1.43. The molecule has 1 N–H and O–H groups in total. The molecule has 0 saturated heterocycles. The van der Waals surface area contributed by atoms with Crippen LogP contribution < -0.4 is 0 Å². The van der Waals surface area contributed by atoms with Gasteiger partial charge >= 0.3 is 0 Å². The molecule has 0 radical (unpaired) electrons. The summed E-state index contributed by atoms with van der Waals surface area (Å²) in [5.41, 5.74) is 2.29. The lowest BCUT2D eigenvalue weighted by molar-refractivity contribution is -0.0780. The number of nitrogens with zero attached hydrogens (tertiary/aromatic N) is 1. The van der Waals surface area contributed by atoms with E-state index < -0.39 is 0 Å². The van der Waals surface area contributed by atoms with Gasteiger partial charge in [-0.2, -0.15) is 0 Å². The Hall–Kier alpha value is -0.380. The van der Waals surface area contributed by atoms with Crippen LogP contribution in [0.15, 0.2) is 11.6 Å². The minimum atomic E-state index is -0.0560. The van der Waals surface area contributed by atoms with E-state index >= 15 is 0 Å². The highest BCUT2D eigenvalue weighted by Crippen LogP contribution is 2.65. The summed E-state index contributed by atoms with van der Waals surface area (Å²) in [4.78, 5) is 2.23. The van der Waals surface area contributed by atoms with Gasteiger partial charge in [0.2, 0.25) is 0 Å². The molecule has 0 aromatic rings. The van der Waals surface area contributed by atoms with Crippen molar-refractivity contribution >= 4 is 0 Å². The zero-order chi connectivity index (χ0) is 19.2. The molecule has 4 rings (SSSR count). The summed E-state index contributed by atoms with van der Waals surface area (Å²) in [5, 5.41) is 10.6. The maximum atomic E-state index is 10.6. The van der Waals surface area contributed by atoms with Crippen LogP contribution in [0.5, 0.6) is 0 Å². The van der Waals surface area contributed by atoms with Crippen LogP contribution in [0.3, 0.4) is 0 Å². The van der Waals surface area contributed by atoms with Gasteiger partial charge in [-0.1, -0.05) is 25.5 Å². The van der Waals surface area contributed by atoms with Crippen LogP contribution in [0.25, 0.3) is 0 Å². The molecule has 7 atom stereocenters. The Morgan fingerprint density at radius 3 is 2.67 bits per heavy atom. The van der Waals surface area contributed by atoms with Gasteiger partial charge < -0.3 is 14.7 Å².